The van der Waals surface area contributed by atoms with E-state index in [2.05, 4.69) is 4.74 Å². The fraction of sp³-hybridized carbons (Fsp3) is 0.750. The summed E-state index contributed by atoms with van der Waals surface area (Å²) in [7, 11) is 0. The molecule has 1 saturated heterocycles. The van der Waals surface area contributed by atoms with Crippen LogP contribution in [0, 0.1) is 0 Å². The van der Waals surface area contributed by atoms with Gasteiger partial charge in [0.1, 0.15) is 0 Å². The maximum atomic E-state index is 9.77. The molecule has 1 aliphatic rings. The summed E-state index contributed by atoms with van der Waals surface area (Å²) in [4.78, 5) is 9.77. The van der Waals surface area contributed by atoms with Crippen LogP contribution in [0.4, 0.5) is 0 Å². The van der Waals surface area contributed by atoms with Crippen LogP contribution in [0.5, 0.6) is 0 Å². The van der Waals surface area contributed by atoms with Gasteiger partial charge in [0.2, 0.25) is 0 Å². The van der Waals surface area contributed by atoms with Crippen molar-refractivity contribution >= 4 is 57.4 Å². The van der Waals surface area contributed by atoms with E-state index in [9.17, 15) is 4.79 Å². The fourth-order valence-electron chi connectivity index (χ4n) is 0.381. The van der Waals surface area contributed by atoms with E-state index in [1.54, 1.807) is 0 Å². The number of carboxylic acids is 1. The Kier molecular flexibility index (Phi) is 4.50. The van der Waals surface area contributed by atoms with E-state index in [0.29, 0.717) is 6.61 Å². The molecule has 3 nitrogen and oxygen atoms in total. The van der Waals surface area contributed by atoms with Gasteiger partial charge < -0.3 is 9.84 Å². The molecule has 0 bridgehead atoms. The minimum atomic E-state index is -0.775. The summed E-state index contributed by atoms with van der Waals surface area (Å²) in [6, 6.07) is 0. The normalized spacial score (nSPS) is 23.8. The molecule has 0 aliphatic carbocycles. The van der Waals surface area contributed by atoms with Crippen molar-refractivity contribution in [3.8, 4) is 0 Å². The van der Waals surface area contributed by atoms with Gasteiger partial charge in [0.15, 0.2) is 0 Å². The first kappa shape index (κ1) is 9.07. The van der Waals surface area contributed by atoms with Crippen molar-refractivity contribution in [1.82, 2.24) is 0 Å². The van der Waals surface area contributed by atoms with Crippen molar-refractivity contribution in [2.24, 2.45) is 0 Å². The van der Waals surface area contributed by atoms with Gasteiger partial charge in [-0.15, -0.1) is 0 Å². The molecule has 1 atom stereocenters. The molecule has 1 unspecified atom stereocenters. The van der Waals surface area contributed by atoms with Crippen LogP contribution in [0.1, 0.15) is 6.42 Å². The zero-order chi connectivity index (χ0) is 5.28. The Morgan fingerprint density at radius 2 is 2.38 bits per heavy atom. The summed E-state index contributed by atoms with van der Waals surface area (Å²) in [6.07, 6.45) is 0.192. The monoisotopic (exact) mass is 142 g/mol. The summed E-state index contributed by atoms with van der Waals surface area (Å²) < 4.78 is 4.64. The Morgan fingerprint density at radius 1 is 1.88 bits per heavy atom. The van der Waals surface area contributed by atoms with Gasteiger partial charge in [-0.2, -0.15) is 0 Å². The molecule has 0 saturated carbocycles. The zero-order valence-corrected chi connectivity index (χ0v) is 3.76. The average Bonchev–Trinajstić information content (AvgIpc) is 2.17. The molecule has 4 heteroatoms. The third kappa shape index (κ3) is 4.00. The summed E-state index contributed by atoms with van der Waals surface area (Å²) in [5, 5.41) is 8.04. The van der Waals surface area contributed by atoms with E-state index in [1.807, 2.05) is 0 Å². The van der Waals surface area contributed by atoms with Gasteiger partial charge in [0.25, 0.3) is 0 Å². The van der Waals surface area contributed by atoms with Gasteiger partial charge in [-0.05, 0) is 0 Å². The van der Waals surface area contributed by atoms with E-state index < -0.39 is 5.97 Å². The number of ether oxygens (including phenoxy) is 1. The van der Waals surface area contributed by atoms with Gasteiger partial charge in [-0.25, -0.2) is 0 Å². The van der Waals surface area contributed by atoms with Crippen molar-refractivity contribution in [3.05, 3.63) is 0 Å². The van der Waals surface area contributed by atoms with Gasteiger partial charge in [0.05, 0.1) is 19.1 Å². The first-order chi connectivity index (χ1) is 3.29. The molecule has 0 amide bonds. The summed E-state index contributed by atoms with van der Waals surface area (Å²) >= 11 is 0. The standard InChI is InChI=1S/C4H6O3.K.H/c5-4(6)1-3-2-7-3;;/h3H,1-2H2,(H,5,6);;. The molecule has 42 valence electrons. The second-order valence-electron chi connectivity index (χ2n) is 1.55. The molecule has 1 N–H and O–H groups in total. The Balaban J connectivity index is 0.000000490. The molecule has 0 spiro atoms. The average molecular weight is 142 g/mol. The molecule has 0 aromatic rings. The molecular weight excluding hydrogens is 135 g/mol. The molecule has 8 heavy (non-hydrogen) atoms. The van der Waals surface area contributed by atoms with E-state index in [1.165, 1.54) is 0 Å². The van der Waals surface area contributed by atoms with Crippen LogP contribution in [0.15, 0.2) is 0 Å². The summed E-state index contributed by atoms with van der Waals surface area (Å²) in [5.41, 5.74) is 0. The second kappa shape index (κ2) is 3.97. The topological polar surface area (TPSA) is 49.8 Å². The number of epoxide rings is 1. The SMILES string of the molecule is O=C(O)CC1CO1.[KH]. The third-order valence-corrected chi connectivity index (χ3v) is 0.805. The van der Waals surface area contributed by atoms with Crippen molar-refractivity contribution in [2.45, 2.75) is 12.5 Å². The quantitative estimate of drug-likeness (QED) is 0.406. The number of aliphatic carboxylic acids is 1. The van der Waals surface area contributed by atoms with Crippen molar-refractivity contribution in [3.63, 3.8) is 0 Å². The fourth-order valence-corrected chi connectivity index (χ4v) is 0.381. The van der Waals surface area contributed by atoms with Crippen LogP contribution in [-0.2, 0) is 9.53 Å². The van der Waals surface area contributed by atoms with E-state index in [-0.39, 0.29) is 63.9 Å². The number of rotatable bonds is 2. The van der Waals surface area contributed by atoms with Crippen LogP contribution < -0.4 is 0 Å². The van der Waals surface area contributed by atoms with E-state index in [4.69, 9.17) is 5.11 Å². The van der Waals surface area contributed by atoms with Crippen molar-refractivity contribution in [1.29, 1.82) is 0 Å². The van der Waals surface area contributed by atoms with Gasteiger partial charge >= 0.3 is 57.4 Å². The van der Waals surface area contributed by atoms with Crippen molar-refractivity contribution in [2.75, 3.05) is 6.61 Å². The molecule has 1 heterocycles. The first-order valence-electron chi connectivity index (χ1n) is 2.12. The number of hydrogen-bond donors (Lipinski definition) is 1. The summed E-state index contributed by atoms with van der Waals surface area (Å²) in [5.74, 6) is -0.775. The van der Waals surface area contributed by atoms with Crippen LogP contribution >= 0.6 is 0 Å². The first-order valence-corrected chi connectivity index (χ1v) is 2.12. The molecular formula is C4H7KO3. The molecule has 0 radical (unpaired) electrons. The van der Waals surface area contributed by atoms with Crippen LogP contribution in [0.25, 0.3) is 0 Å². The van der Waals surface area contributed by atoms with E-state index in [0.717, 1.165) is 0 Å². The minimum absolute atomic E-state index is 0. The Labute approximate surface area is 89.8 Å². The predicted octanol–water partition coefficient (Wildman–Crippen LogP) is -0.789. The van der Waals surface area contributed by atoms with Crippen molar-refractivity contribution < 1.29 is 14.6 Å². The van der Waals surface area contributed by atoms with Crippen LogP contribution in [-0.4, -0.2) is 75.2 Å². The number of carboxylic acid groups (broad SMARTS) is 1. The predicted molar refractivity (Wildman–Crippen MR) is 29.1 cm³/mol. The molecule has 0 aromatic carbocycles. The zero-order valence-electron chi connectivity index (χ0n) is 3.76. The van der Waals surface area contributed by atoms with E-state index >= 15 is 0 Å². The van der Waals surface area contributed by atoms with Gasteiger partial charge in [0, 0.05) is 0 Å². The van der Waals surface area contributed by atoms with Crippen LogP contribution in [0.3, 0.4) is 0 Å². The Hall–Kier alpha value is 1.07. The second-order valence-corrected chi connectivity index (χ2v) is 1.55. The number of hydrogen-bond acceptors (Lipinski definition) is 2. The van der Waals surface area contributed by atoms with Gasteiger partial charge in [-0.1, -0.05) is 0 Å². The van der Waals surface area contributed by atoms with Gasteiger partial charge in [-0.3, -0.25) is 4.79 Å². The molecule has 1 aliphatic heterocycles. The maximum absolute atomic E-state index is 9.77. The molecule has 0 aromatic heterocycles. The van der Waals surface area contributed by atoms with Crippen LogP contribution in [0.2, 0.25) is 0 Å². The molecule has 1 fully saturated rings. The summed E-state index contributed by atoms with van der Waals surface area (Å²) in [6.45, 7) is 0.631. The Bertz CT molecular complexity index is 89.3. The third-order valence-electron chi connectivity index (χ3n) is 0.805. The Morgan fingerprint density at radius 3 is 2.50 bits per heavy atom. The number of carbonyl (C=O) groups is 1. The molecule has 1 rings (SSSR count).